The zero-order chi connectivity index (χ0) is 13.3. The van der Waals surface area contributed by atoms with E-state index in [-0.39, 0.29) is 12.6 Å². The first-order valence-corrected chi connectivity index (χ1v) is 6.27. The smallest absolute Gasteiger partial charge is 0.125 e. The van der Waals surface area contributed by atoms with E-state index in [1.165, 1.54) is 5.56 Å². The Balaban J connectivity index is 2.27. The third kappa shape index (κ3) is 2.36. The van der Waals surface area contributed by atoms with Gasteiger partial charge in [-0.25, -0.2) is 0 Å². The average Bonchev–Trinajstić information content (AvgIpc) is 2.32. The van der Waals surface area contributed by atoms with Crippen LogP contribution in [0.4, 0.5) is 0 Å². The van der Waals surface area contributed by atoms with E-state index in [9.17, 15) is 5.11 Å². The number of ether oxygens (including phenoxy) is 1. The van der Waals surface area contributed by atoms with Gasteiger partial charge in [0, 0.05) is 12.1 Å². The average molecular weight is 251 g/mol. The molecule has 0 radical (unpaired) electrons. The van der Waals surface area contributed by atoms with Crippen LogP contribution < -0.4 is 4.74 Å². The van der Waals surface area contributed by atoms with Crippen molar-refractivity contribution in [3.63, 3.8) is 0 Å². The molecule has 0 aromatic heterocycles. The standard InChI is InChI=1S/C14H21NO3/c1-9-6-11-13(7-10(9)2)18-8-12(14(11)17)15(3)4-5-16/h6-7,12,14,16-17H,4-5,8H2,1-3H3. The molecular weight excluding hydrogens is 230 g/mol. The van der Waals surface area contributed by atoms with E-state index < -0.39 is 6.10 Å². The number of rotatable bonds is 3. The van der Waals surface area contributed by atoms with E-state index >= 15 is 0 Å². The molecule has 2 rings (SSSR count). The number of likely N-dealkylation sites (N-methyl/N-ethyl adjacent to an activating group) is 1. The topological polar surface area (TPSA) is 52.9 Å². The van der Waals surface area contributed by atoms with Crippen molar-refractivity contribution in [1.82, 2.24) is 4.90 Å². The minimum Gasteiger partial charge on any atom is -0.491 e. The first kappa shape index (κ1) is 13.3. The number of nitrogens with zero attached hydrogens (tertiary/aromatic N) is 1. The van der Waals surface area contributed by atoms with Gasteiger partial charge < -0.3 is 14.9 Å². The molecule has 0 bridgehead atoms. The number of hydrogen-bond donors (Lipinski definition) is 2. The van der Waals surface area contributed by atoms with Crippen LogP contribution in [0.2, 0.25) is 0 Å². The molecule has 0 saturated carbocycles. The van der Waals surface area contributed by atoms with E-state index in [1.54, 1.807) is 0 Å². The Labute approximate surface area is 108 Å². The van der Waals surface area contributed by atoms with Crippen molar-refractivity contribution in [1.29, 1.82) is 0 Å². The van der Waals surface area contributed by atoms with Gasteiger partial charge in [-0.15, -0.1) is 0 Å². The molecule has 2 N–H and O–H groups in total. The first-order chi connectivity index (χ1) is 8.54. The van der Waals surface area contributed by atoms with Crippen LogP contribution in [0.3, 0.4) is 0 Å². The molecule has 0 spiro atoms. The fraction of sp³-hybridized carbons (Fsp3) is 0.571. The molecule has 1 aliphatic heterocycles. The van der Waals surface area contributed by atoms with Crippen molar-refractivity contribution < 1.29 is 14.9 Å². The summed E-state index contributed by atoms with van der Waals surface area (Å²) in [5.41, 5.74) is 3.17. The third-order valence-corrected chi connectivity index (χ3v) is 3.74. The molecule has 18 heavy (non-hydrogen) atoms. The highest BCUT2D eigenvalue weighted by Crippen LogP contribution is 2.35. The highest BCUT2D eigenvalue weighted by molar-refractivity contribution is 5.44. The maximum Gasteiger partial charge on any atom is 0.125 e. The van der Waals surface area contributed by atoms with Crippen LogP contribution in [0.5, 0.6) is 5.75 Å². The van der Waals surface area contributed by atoms with Gasteiger partial charge in [0.2, 0.25) is 0 Å². The molecule has 100 valence electrons. The number of aliphatic hydroxyl groups excluding tert-OH is 2. The van der Waals surface area contributed by atoms with Crippen molar-refractivity contribution in [3.05, 3.63) is 28.8 Å². The molecule has 1 aromatic rings. The van der Waals surface area contributed by atoms with Gasteiger partial charge in [0.15, 0.2) is 0 Å². The summed E-state index contributed by atoms with van der Waals surface area (Å²) < 4.78 is 5.73. The fourth-order valence-electron chi connectivity index (χ4n) is 2.33. The van der Waals surface area contributed by atoms with Gasteiger partial charge in [-0.05, 0) is 44.2 Å². The lowest BCUT2D eigenvalue weighted by Gasteiger charge is -2.36. The van der Waals surface area contributed by atoms with Crippen LogP contribution >= 0.6 is 0 Å². The Morgan fingerprint density at radius 2 is 2.00 bits per heavy atom. The normalized spacial score (nSPS) is 22.8. The number of aryl methyl sites for hydroxylation is 2. The molecule has 0 fully saturated rings. The zero-order valence-electron chi connectivity index (χ0n) is 11.2. The summed E-state index contributed by atoms with van der Waals surface area (Å²) in [5.74, 6) is 0.777. The summed E-state index contributed by atoms with van der Waals surface area (Å²) in [6.45, 7) is 5.14. The maximum absolute atomic E-state index is 10.4. The molecule has 1 heterocycles. The van der Waals surface area contributed by atoms with Crippen LogP contribution in [-0.4, -0.2) is 48.0 Å². The second kappa shape index (κ2) is 5.26. The molecule has 1 aromatic carbocycles. The molecule has 4 heteroatoms. The SMILES string of the molecule is Cc1cc2c(cc1C)C(O)C(N(C)CCO)CO2. The maximum atomic E-state index is 10.4. The quantitative estimate of drug-likeness (QED) is 0.842. The predicted octanol–water partition coefficient (Wildman–Crippen LogP) is 1.02. The molecule has 2 atom stereocenters. The highest BCUT2D eigenvalue weighted by Gasteiger charge is 2.32. The molecule has 0 amide bonds. The summed E-state index contributed by atoms with van der Waals surface area (Å²) in [7, 11) is 1.89. The molecule has 4 nitrogen and oxygen atoms in total. The van der Waals surface area contributed by atoms with Crippen LogP contribution in [-0.2, 0) is 0 Å². The van der Waals surface area contributed by atoms with Crippen LogP contribution in [0.25, 0.3) is 0 Å². The van der Waals surface area contributed by atoms with E-state index in [4.69, 9.17) is 9.84 Å². The summed E-state index contributed by atoms with van der Waals surface area (Å²) in [6, 6.07) is 3.87. The molecule has 0 aliphatic carbocycles. The van der Waals surface area contributed by atoms with E-state index in [0.717, 1.165) is 16.9 Å². The second-order valence-corrected chi connectivity index (χ2v) is 5.00. The Morgan fingerprint density at radius 3 is 2.67 bits per heavy atom. The highest BCUT2D eigenvalue weighted by atomic mass is 16.5. The van der Waals surface area contributed by atoms with Gasteiger partial charge in [0.25, 0.3) is 0 Å². The van der Waals surface area contributed by atoms with Crippen LogP contribution in [0.15, 0.2) is 12.1 Å². The van der Waals surface area contributed by atoms with Gasteiger partial charge in [-0.1, -0.05) is 0 Å². The Bertz CT molecular complexity index is 433. The number of hydrogen-bond acceptors (Lipinski definition) is 4. The van der Waals surface area contributed by atoms with Gasteiger partial charge in [-0.2, -0.15) is 0 Å². The van der Waals surface area contributed by atoms with Crippen molar-refractivity contribution >= 4 is 0 Å². The monoisotopic (exact) mass is 251 g/mol. The molecule has 0 saturated heterocycles. The lowest BCUT2D eigenvalue weighted by Crippen LogP contribution is -2.45. The largest absolute Gasteiger partial charge is 0.491 e. The van der Waals surface area contributed by atoms with Gasteiger partial charge in [0.05, 0.1) is 12.6 Å². The van der Waals surface area contributed by atoms with E-state index in [2.05, 4.69) is 0 Å². The van der Waals surface area contributed by atoms with Crippen molar-refractivity contribution in [2.24, 2.45) is 0 Å². The fourth-order valence-corrected chi connectivity index (χ4v) is 2.33. The van der Waals surface area contributed by atoms with Crippen molar-refractivity contribution in [3.8, 4) is 5.75 Å². The van der Waals surface area contributed by atoms with E-state index in [1.807, 2.05) is 37.9 Å². The molecule has 2 unspecified atom stereocenters. The summed E-state index contributed by atoms with van der Waals surface area (Å²) >= 11 is 0. The van der Waals surface area contributed by atoms with Crippen molar-refractivity contribution in [2.45, 2.75) is 26.0 Å². The lowest BCUT2D eigenvalue weighted by molar-refractivity contribution is 0.00943. The molecule has 1 aliphatic rings. The predicted molar refractivity (Wildman–Crippen MR) is 69.9 cm³/mol. The van der Waals surface area contributed by atoms with Crippen LogP contribution in [0, 0.1) is 13.8 Å². The van der Waals surface area contributed by atoms with Gasteiger partial charge in [0.1, 0.15) is 18.5 Å². The lowest BCUT2D eigenvalue weighted by atomic mass is 9.94. The number of benzene rings is 1. The van der Waals surface area contributed by atoms with Gasteiger partial charge in [-0.3, -0.25) is 4.90 Å². The summed E-state index contributed by atoms with van der Waals surface area (Å²) in [5, 5.41) is 19.4. The minimum atomic E-state index is -0.565. The summed E-state index contributed by atoms with van der Waals surface area (Å²) in [4.78, 5) is 1.93. The minimum absolute atomic E-state index is 0.0828. The second-order valence-electron chi connectivity index (χ2n) is 5.00. The summed E-state index contributed by atoms with van der Waals surface area (Å²) in [6.07, 6.45) is -0.565. The Kier molecular flexibility index (Phi) is 3.90. The van der Waals surface area contributed by atoms with Crippen molar-refractivity contribution in [2.75, 3.05) is 26.8 Å². The Hall–Kier alpha value is -1.10. The van der Waals surface area contributed by atoms with E-state index in [0.29, 0.717) is 13.2 Å². The number of fused-ring (bicyclic) bond motifs is 1. The van der Waals surface area contributed by atoms with Gasteiger partial charge >= 0.3 is 0 Å². The zero-order valence-corrected chi connectivity index (χ0v) is 11.2. The molecular formula is C14H21NO3. The number of aliphatic hydroxyl groups is 2. The Morgan fingerprint density at radius 1 is 1.33 bits per heavy atom. The van der Waals surface area contributed by atoms with Crippen LogP contribution in [0.1, 0.15) is 22.8 Å². The third-order valence-electron chi connectivity index (χ3n) is 3.74. The first-order valence-electron chi connectivity index (χ1n) is 6.27.